The lowest BCUT2D eigenvalue weighted by Gasteiger charge is -2.32. The summed E-state index contributed by atoms with van der Waals surface area (Å²) in [6.45, 7) is 1.41. The summed E-state index contributed by atoms with van der Waals surface area (Å²) >= 11 is 0. The third-order valence-corrected chi connectivity index (χ3v) is 6.30. The van der Waals surface area contributed by atoms with E-state index in [0.29, 0.717) is 25.5 Å². The first-order valence-corrected chi connectivity index (χ1v) is 11.5. The molecule has 0 radical (unpaired) electrons. The summed E-state index contributed by atoms with van der Waals surface area (Å²) < 4.78 is 19.1. The van der Waals surface area contributed by atoms with Gasteiger partial charge in [-0.2, -0.15) is 0 Å². The van der Waals surface area contributed by atoms with Crippen LogP contribution in [0, 0.1) is 11.7 Å². The number of amides is 2. The molecule has 1 aromatic carbocycles. The highest BCUT2D eigenvalue weighted by Gasteiger charge is 2.28. The van der Waals surface area contributed by atoms with Crippen LogP contribution in [-0.4, -0.2) is 40.9 Å². The predicted molar refractivity (Wildman–Crippen MR) is 118 cm³/mol. The van der Waals surface area contributed by atoms with Gasteiger partial charge in [0.25, 0.3) is 0 Å². The van der Waals surface area contributed by atoms with Crippen molar-refractivity contribution in [1.29, 1.82) is 0 Å². The van der Waals surface area contributed by atoms with Gasteiger partial charge in [0.2, 0.25) is 17.7 Å². The number of pyridine rings is 1. The summed E-state index contributed by atoms with van der Waals surface area (Å²) in [6, 6.07) is 9.74. The summed E-state index contributed by atoms with van der Waals surface area (Å²) in [7, 11) is 0. The van der Waals surface area contributed by atoms with Gasteiger partial charge in [0, 0.05) is 31.4 Å². The van der Waals surface area contributed by atoms with Crippen LogP contribution in [0.2, 0.25) is 0 Å². The molecule has 0 unspecified atom stereocenters. The maximum absolute atomic E-state index is 13.1. The first-order chi connectivity index (χ1) is 15.6. The van der Waals surface area contributed by atoms with Crippen LogP contribution in [0.3, 0.4) is 0 Å². The van der Waals surface area contributed by atoms with Gasteiger partial charge in [-0.25, -0.2) is 9.37 Å². The van der Waals surface area contributed by atoms with Crippen LogP contribution in [0.15, 0.2) is 42.6 Å². The van der Waals surface area contributed by atoms with Crippen molar-refractivity contribution >= 4 is 11.8 Å². The fourth-order valence-corrected chi connectivity index (χ4v) is 4.46. The summed E-state index contributed by atoms with van der Waals surface area (Å²) in [5.41, 5.74) is 1.64. The molecule has 2 fully saturated rings. The number of halogens is 1. The highest BCUT2D eigenvalue weighted by atomic mass is 19.1. The summed E-state index contributed by atoms with van der Waals surface area (Å²) in [5, 5.41) is 3.01. The fourth-order valence-electron chi connectivity index (χ4n) is 4.46. The van der Waals surface area contributed by atoms with E-state index < -0.39 is 0 Å². The third-order valence-electron chi connectivity index (χ3n) is 6.30. The van der Waals surface area contributed by atoms with Crippen molar-refractivity contribution in [3.05, 3.63) is 59.5 Å². The number of piperidine rings is 1. The second-order valence-corrected chi connectivity index (χ2v) is 8.69. The van der Waals surface area contributed by atoms with Crippen LogP contribution in [0.25, 0.3) is 0 Å². The lowest BCUT2D eigenvalue weighted by atomic mass is 9.96. The van der Waals surface area contributed by atoms with Crippen LogP contribution in [0.1, 0.15) is 49.7 Å². The molecule has 1 aromatic heterocycles. The molecule has 2 aliphatic rings. The Morgan fingerprint density at radius 3 is 2.66 bits per heavy atom. The number of likely N-dealkylation sites (tertiary alicyclic amines) is 1. The number of rotatable bonds is 7. The molecule has 2 aromatic rings. The van der Waals surface area contributed by atoms with E-state index in [0.717, 1.165) is 36.8 Å². The van der Waals surface area contributed by atoms with Crippen molar-refractivity contribution in [2.75, 3.05) is 13.1 Å². The monoisotopic (exact) mass is 439 g/mol. The molecule has 1 aliphatic carbocycles. The molecule has 1 aliphatic heterocycles. The van der Waals surface area contributed by atoms with E-state index in [2.05, 4.69) is 10.3 Å². The predicted octanol–water partition coefficient (Wildman–Crippen LogP) is 3.64. The second kappa shape index (κ2) is 10.6. The first-order valence-electron chi connectivity index (χ1n) is 11.5. The Kier molecular flexibility index (Phi) is 7.35. The minimum atomic E-state index is -0.318. The highest BCUT2D eigenvalue weighted by molar-refractivity contribution is 5.82. The van der Waals surface area contributed by atoms with Gasteiger partial charge in [-0.05, 0) is 62.3 Å². The van der Waals surface area contributed by atoms with Gasteiger partial charge in [0.15, 0.2) is 0 Å². The maximum atomic E-state index is 13.1. The number of carbonyl (C=O) groups excluding carboxylic acids is 2. The van der Waals surface area contributed by atoms with E-state index in [-0.39, 0.29) is 36.1 Å². The van der Waals surface area contributed by atoms with Gasteiger partial charge in [-0.3, -0.25) is 9.59 Å². The minimum absolute atomic E-state index is 0.0337. The number of hydrogen-bond acceptors (Lipinski definition) is 4. The maximum Gasteiger partial charge on any atom is 0.227 e. The quantitative estimate of drug-likeness (QED) is 0.715. The Labute approximate surface area is 188 Å². The van der Waals surface area contributed by atoms with Crippen LogP contribution < -0.4 is 10.1 Å². The number of benzene rings is 1. The first kappa shape index (κ1) is 22.2. The molecule has 0 bridgehead atoms. The number of carbonyl (C=O) groups is 2. The Morgan fingerprint density at radius 1 is 1.09 bits per heavy atom. The molecular formula is C25H30FN3O3. The number of ether oxygens (including phenoxy) is 1. The Morgan fingerprint density at radius 2 is 1.88 bits per heavy atom. The average Bonchev–Trinajstić information content (AvgIpc) is 3.33. The van der Waals surface area contributed by atoms with Crippen LogP contribution in [-0.2, 0) is 22.6 Å². The van der Waals surface area contributed by atoms with Gasteiger partial charge in [0.1, 0.15) is 11.9 Å². The third kappa shape index (κ3) is 5.84. The summed E-state index contributed by atoms with van der Waals surface area (Å²) in [4.78, 5) is 31.6. The molecule has 1 saturated heterocycles. The largest absolute Gasteiger partial charge is 0.474 e. The van der Waals surface area contributed by atoms with Crippen LogP contribution in [0.5, 0.6) is 5.88 Å². The zero-order chi connectivity index (χ0) is 22.3. The molecule has 6 nitrogen and oxygen atoms in total. The highest BCUT2D eigenvalue weighted by Crippen LogP contribution is 2.25. The number of nitrogens with zero attached hydrogens (tertiary/aromatic N) is 2. The molecule has 7 heteroatoms. The zero-order valence-electron chi connectivity index (χ0n) is 18.3. The molecule has 2 amide bonds. The van der Waals surface area contributed by atoms with E-state index in [1.54, 1.807) is 23.2 Å². The van der Waals surface area contributed by atoms with E-state index in [1.165, 1.54) is 25.0 Å². The van der Waals surface area contributed by atoms with E-state index in [9.17, 15) is 14.0 Å². The van der Waals surface area contributed by atoms with Gasteiger partial charge in [0.05, 0.1) is 12.3 Å². The van der Waals surface area contributed by atoms with E-state index in [1.807, 2.05) is 12.1 Å². The molecule has 2 heterocycles. The average molecular weight is 440 g/mol. The lowest BCUT2D eigenvalue weighted by molar-refractivity contribution is -0.135. The molecule has 4 rings (SSSR count). The Bertz CT molecular complexity index is 928. The van der Waals surface area contributed by atoms with Gasteiger partial charge < -0.3 is 15.0 Å². The molecule has 1 saturated carbocycles. The molecule has 1 N–H and O–H groups in total. The number of nitrogens with one attached hydrogen (secondary N) is 1. The smallest absolute Gasteiger partial charge is 0.227 e. The topological polar surface area (TPSA) is 71.5 Å². The summed E-state index contributed by atoms with van der Waals surface area (Å²) in [6.07, 6.45) is 8.13. The van der Waals surface area contributed by atoms with Crippen molar-refractivity contribution in [1.82, 2.24) is 15.2 Å². The van der Waals surface area contributed by atoms with Gasteiger partial charge in [-0.15, -0.1) is 0 Å². The normalized spacial score (nSPS) is 19.0. The van der Waals surface area contributed by atoms with Crippen molar-refractivity contribution in [3.63, 3.8) is 0 Å². The molecule has 32 heavy (non-hydrogen) atoms. The fraction of sp³-hybridized carbons (Fsp3) is 0.480. The van der Waals surface area contributed by atoms with Gasteiger partial charge in [-0.1, -0.05) is 18.2 Å². The standard InChI is InChI=1S/C25H30FN3O3/c26-21-11-9-18(10-12-21)15-23(30)29-14-4-6-20(17-29)24(31)28-16-19-5-3-13-27-25(19)32-22-7-1-2-8-22/h3,5,9-13,20,22H,1-2,4,6-8,14-17H2,(H,28,31)/t20-/m0/s1. The van der Waals surface area contributed by atoms with Crippen molar-refractivity contribution in [2.45, 2.75) is 57.6 Å². The molecule has 0 spiro atoms. The zero-order valence-corrected chi connectivity index (χ0v) is 18.3. The van der Waals surface area contributed by atoms with E-state index in [4.69, 9.17) is 4.74 Å². The molecule has 1 atom stereocenters. The Balaban J connectivity index is 1.30. The second-order valence-electron chi connectivity index (χ2n) is 8.69. The molecule has 170 valence electrons. The van der Waals surface area contributed by atoms with Crippen molar-refractivity contribution < 1.29 is 18.7 Å². The van der Waals surface area contributed by atoms with E-state index >= 15 is 0 Å². The van der Waals surface area contributed by atoms with Crippen molar-refractivity contribution in [3.8, 4) is 5.88 Å². The van der Waals surface area contributed by atoms with Gasteiger partial charge >= 0.3 is 0 Å². The van der Waals surface area contributed by atoms with Crippen LogP contribution >= 0.6 is 0 Å². The van der Waals surface area contributed by atoms with Crippen molar-refractivity contribution in [2.24, 2.45) is 5.92 Å². The van der Waals surface area contributed by atoms with Crippen LogP contribution in [0.4, 0.5) is 4.39 Å². The Hall–Kier alpha value is -2.96. The molecular weight excluding hydrogens is 409 g/mol. The minimum Gasteiger partial charge on any atom is -0.474 e. The number of aromatic nitrogens is 1. The summed E-state index contributed by atoms with van der Waals surface area (Å²) in [5.74, 6) is -0.0499. The number of hydrogen-bond donors (Lipinski definition) is 1. The SMILES string of the molecule is O=C(NCc1cccnc1OC1CCCC1)[C@H]1CCCN(C(=O)Cc2ccc(F)cc2)C1. The lowest BCUT2D eigenvalue weighted by Crippen LogP contribution is -2.45.